The summed E-state index contributed by atoms with van der Waals surface area (Å²) in [6, 6.07) is 1.00. The molecule has 1 atom stereocenters. The van der Waals surface area contributed by atoms with Crippen LogP contribution in [-0.2, 0) is 11.0 Å². The highest BCUT2D eigenvalue weighted by atomic mass is 19.4. The van der Waals surface area contributed by atoms with Crippen molar-refractivity contribution in [1.82, 2.24) is 5.32 Å². The van der Waals surface area contributed by atoms with E-state index in [9.17, 15) is 22.4 Å². The molecule has 0 fully saturated rings. The molecule has 0 saturated heterocycles. The summed E-state index contributed by atoms with van der Waals surface area (Å²) in [5.74, 6) is 0.753. The summed E-state index contributed by atoms with van der Waals surface area (Å²) in [6.07, 6.45) is 0.367. The second-order valence-electron chi connectivity index (χ2n) is 3.98. The average molecular weight is 288 g/mol. The quantitative estimate of drug-likeness (QED) is 0.660. The number of alkyl halides is 3. The number of benzene rings is 1. The second kappa shape index (κ2) is 6.28. The second-order valence-corrected chi connectivity index (χ2v) is 3.98. The molecule has 1 aromatic carbocycles. The zero-order valence-electron chi connectivity index (χ0n) is 10.5. The Balaban J connectivity index is 2.87. The number of carbonyl (C=O) groups excluding carboxylic acids is 1. The van der Waals surface area contributed by atoms with Crippen molar-refractivity contribution in [2.45, 2.75) is 19.1 Å². The van der Waals surface area contributed by atoms with Gasteiger partial charge < -0.3 is 10.6 Å². The van der Waals surface area contributed by atoms with Crippen LogP contribution in [0.2, 0.25) is 0 Å². The largest absolute Gasteiger partial charge is 0.416 e. The van der Waals surface area contributed by atoms with Gasteiger partial charge in [-0.15, -0.1) is 6.42 Å². The highest BCUT2D eigenvalue weighted by molar-refractivity contribution is 5.84. The molecule has 0 spiro atoms. The number of carbonyl (C=O) groups is 1. The van der Waals surface area contributed by atoms with Gasteiger partial charge in [0.25, 0.3) is 0 Å². The molecule has 2 N–H and O–H groups in total. The lowest BCUT2D eigenvalue weighted by Gasteiger charge is -2.16. The van der Waals surface area contributed by atoms with Crippen molar-refractivity contribution in [2.24, 2.45) is 0 Å². The van der Waals surface area contributed by atoms with Crippen LogP contribution < -0.4 is 10.6 Å². The zero-order valence-corrected chi connectivity index (χ0v) is 10.5. The van der Waals surface area contributed by atoms with Gasteiger partial charge in [-0.1, -0.05) is 5.92 Å². The lowest BCUT2D eigenvalue weighted by molar-refractivity contribution is -0.137. The average Bonchev–Trinajstić information content (AvgIpc) is 2.37. The van der Waals surface area contributed by atoms with Crippen molar-refractivity contribution < 1.29 is 22.4 Å². The van der Waals surface area contributed by atoms with E-state index in [1.54, 1.807) is 0 Å². The summed E-state index contributed by atoms with van der Waals surface area (Å²) in [5.41, 5.74) is -1.40. The molecule has 7 heteroatoms. The fraction of sp³-hybridized carbons (Fsp3) is 0.308. The molecule has 0 bridgehead atoms. The molecular weight excluding hydrogens is 276 g/mol. The van der Waals surface area contributed by atoms with Gasteiger partial charge in [0.2, 0.25) is 5.91 Å². The Labute approximate surface area is 113 Å². The molecule has 1 aromatic rings. The van der Waals surface area contributed by atoms with E-state index in [0.717, 1.165) is 0 Å². The Hall–Kier alpha value is -2.23. The van der Waals surface area contributed by atoms with Gasteiger partial charge in [-0.25, -0.2) is 4.39 Å². The monoisotopic (exact) mass is 288 g/mol. The number of terminal acetylenes is 1. The van der Waals surface area contributed by atoms with Gasteiger partial charge in [0.05, 0.1) is 17.8 Å². The number of hydrogen-bond acceptors (Lipinski definition) is 2. The molecule has 1 rings (SSSR count). The number of amides is 1. The fourth-order valence-corrected chi connectivity index (χ4v) is 1.40. The Morgan fingerprint density at radius 2 is 2.10 bits per heavy atom. The summed E-state index contributed by atoms with van der Waals surface area (Å²) < 4.78 is 51.0. The van der Waals surface area contributed by atoms with Crippen LogP contribution in [0.1, 0.15) is 12.5 Å². The third kappa shape index (κ3) is 4.16. The predicted octanol–water partition coefficient (Wildman–Crippen LogP) is 2.39. The molecular formula is C13H12F4N2O. The van der Waals surface area contributed by atoms with Crippen molar-refractivity contribution in [1.29, 1.82) is 0 Å². The Kier molecular flexibility index (Phi) is 4.97. The molecule has 1 amide bonds. The third-order valence-corrected chi connectivity index (χ3v) is 2.42. The van der Waals surface area contributed by atoms with Gasteiger partial charge in [0.15, 0.2) is 0 Å². The maximum Gasteiger partial charge on any atom is 0.416 e. The van der Waals surface area contributed by atoms with Crippen LogP contribution in [0.25, 0.3) is 0 Å². The van der Waals surface area contributed by atoms with Gasteiger partial charge in [-0.3, -0.25) is 4.79 Å². The Morgan fingerprint density at radius 1 is 1.45 bits per heavy atom. The smallest absolute Gasteiger partial charge is 0.372 e. The van der Waals surface area contributed by atoms with E-state index < -0.39 is 35.2 Å². The first-order valence-electron chi connectivity index (χ1n) is 5.60. The van der Waals surface area contributed by atoms with E-state index >= 15 is 0 Å². The minimum atomic E-state index is -4.58. The van der Waals surface area contributed by atoms with Crippen LogP contribution in [0.15, 0.2) is 18.2 Å². The van der Waals surface area contributed by atoms with Crippen molar-refractivity contribution in [3.05, 3.63) is 29.6 Å². The molecule has 0 aliphatic carbocycles. The third-order valence-electron chi connectivity index (χ3n) is 2.42. The summed E-state index contributed by atoms with van der Waals surface area (Å²) in [5, 5.41) is 4.71. The van der Waals surface area contributed by atoms with E-state index in [1.165, 1.54) is 6.92 Å². The summed E-state index contributed by atoms with van der Waals surface area (Å²) in [7, 11) is 0. The summed E-state index contributed by atoms with van der Waals surface area (Å²) in [6.45, 7) is 1.36. The molecule has 1 unspecified atom stereocenters. The standard InChI is InChI=1S/C13H12F4N2O/c1-3-6-18-12(20)8(2)19-11-7-9(13(15,16)17)4-5-10(11)14/h1,4-5,7-8,19H,6H2,2H3,(H,18,20). The van der Waals surface area contributed by atoms with Gasteiger partial charge in [-0.05, 0) is 25.1 Å². The molecule has 0 aliphatic rings. The van der Waals surface area contributed by atoms with Crippen LogP contribution in [0.5, 0.6) is 0 Å². The van der Waals surface area contributed by atoms with Crippen LogP contribution in [0.4, 0.5) is 23.2 Å². The maximum absolute atomic E-state index is 13.4. The van der Waals surface area contributed by atoms with E-state index in [1.807, 2.05) is 0 Å². The number of rotatable bonds is 4. The molecule has 108 valence electrons. The fourth-order valence-electron chi connectivity index (χ4n) is 1.40. The highest BCUT2D eigenvalue weighted by Crippen LogP contribution is 2.31. The molecule has 0 heterocycles. The lowest BCUT2D eigenvalue weighted by atomic mass is 10.1. The highest BCUT2D eigenvalue weighted by Gasteiger charge is 2.31. The lowest BCUT2D eigenvalue weighted by Crippen LogP contribution is -2.37. The van der Waals surface area contributed by atoms with Gasteiger partial charge in [-0.2, -0.15) is 13.2 Å². The minimum Gasteiger partial charge on any atom is -0.372 e. The van der Waals surface area contributed by atoms with E-state index in [2.05, 4.69) is 16.6 Å². The first kappa shape index (κ1) is 15.8. The first-order valence-corrected chi connectivity index (χ1v) is 5.60. The van der Waals surface area contributed by atoms with Crippen molar-refractivity contribution in [2.75, 3.05) is 11.9 Å². The van der Waals surface area contributed by atoms with Crippen LogP contribution in [0, 0.1) is 18.2 Å². The topological polar surface area (TPSA) is 41.1 Å². The van der Waals surface area contributed by atoms with E-state index in [4.69, 9.17) is 6.42 Å². The summed E-state index contributed by atoms with van der Waals surface area (Å²) >= 11 is 0. The van der Waals surface area contributed by atoms with Crippen molar-refractivity contribution >= 4 is 11.6 Å². The van der Waals surface area contributed by atoms with Gasteiger partial charge >= 0.3 is 6.18 Å². The SMILES string of the molecule is C#CCNC(=O)C(C)Nc1cc(C(F)(F)F)ccc1F. The van der Waals surface area contributed by atoms with E-state index in [-0.39, 0.29) is 6.54 Å². The molecule has 0 aliphatic heterocycles. The molecule has 20 heavy (non-hydrogen) atoms. The van der Waals surface area contributed by atoms with Crippen LogP contribution in [-0.4, -0.2) is 18.5 Å². The molecule has 3 nitrogen and oxygen atoms in total. The Bertz CT molecular complexity index is 534. The number of nitrogens with one attached hydrogen (secondary N) is 2. The predicted molar refractivity (Wildman–Crippen MR) is 66.3 cm³/mol. The maximum atomic E-state index is 13.4. The minimum absolute atomic E-state index is 0.0179. The van der Waals surface area contributed by atoms with Crippen LogP contribution in [0.3, 0.4) is 0 Å². The summed E-state index contributed by atoms with van der Waals surface area (Å²) in [4.78, 5) is 11.5. The van der Waals surface area contributed by atoms with Gasteiger partial charge in [0.1, 0.15) is 11.9 Å². The number of anilines is 1. The molecule has 0 radical (unpaired) electrons. The Morgan fingerprint density at radius 3 is 2.65 bits per heavy atom. The normalized spacial score (nSPS) is 12.4. The van der Waals surface area contributed by atoms with Crippen molar-refractivity contribution in [3.8, 4) is 12.3 Å². The molecule has 0 saturated carbocycles. The van der Waals surface area contributed by atoms with Gasteiger partial charge in [0, 0.05) is 0 Å². The first-order chi connectivity index (χ1) is 9.25. The number of hydrogen-bond donors (Lipinski definition) is 2. The molecule has 0 aromatic heterocycles. The van der Waals surface area contributed by atoms with E-state index in [0.29, 0.717) is 18.2 Å². The van der Waals surface area contributed by atoms with Crippen molar-refractivity contribution in [3.63, 3.8) is 0 Å². The zero-order chi connectivity index (χ0) is 15.3. The number of halogens is 4. The van der Waals surface area contributed by atoms with Crippen LogP contribution >= 0.6 is 0 Å².